The Labute approximate surface area is 149 Å². The highest BCUT2D eigenvalue weighted by atomic mass is 35.5. The molecular weight excluding hydrogens is 320 g/mol. The van der Waals surface area contributed by atoms with Crippen LogP contribution in [0.25, 0.3) is 10.8 Å². The number of piperidine rings is 1. The lowest BCUT2D eigenvalue weighted by molar-refractivity contribution is -0.136. The molecule has 2 aromatic rings. The predicted octanol–water partition coefficient (Wildman–Crippen LogP) is 3.70. The zero-order valence-corrected chi connectivity index (χ0v) is 14.7. The van der Waals surface area contributed by atoms with Crippen molar-refractivity contribution in [1.82, 2.24) is 4.90 Å². The van der Waals surface area contributed by atoms with E-state index in [-0.39, 0.29) is 24.4 Å². The Kier molecular flexibility index (Phi) is 5.12. The highest BCUT2D eigenvalue weighted by molar-refractivity contribution is 5.86. The minimum Gasteiger partial charge on any atom is -0.338 e. The van der Waals surface area contributed by atoms with Crippen LogP contribution >= 0.6 is 12.4 Å². The first-order valence-electron chi connectivity index (χ1n) is 8.77. The average Bonchev–Trinajstić information content (AvgIpc) is 3.41. The third kappa shape index (κ3) is 3.15. The lowest BCUT2D eigenvalue weighted by Gasteiger charge is -2.35. The Balaban J connectivity index is 0.00000169. The molecule has 1 amide bonds. The molecule has 2 fully saturated rings. The number of rotatable bonds is 3. The number of likely N-dealkylation sites (tertiary alicyclic amines) is 1. The second-order valence-electron chi connectivity index (χ2n) is 6.97. The van der Waals surface area contributed by atoms with Gasteiger partial charge in [-0.1, -0.05) is 42.5 Å². The van der Waals surface area contributed by atoms with Gasteiger partial charge in [0.25, 0.3) is 0 Å². The molecular formula is C20H25ClN2O. The van der Waals surface area contributed by atoms with Crippen molar-refractivity contribution < 1.29 is 4.79 Å². The van der Waals surface area contributed by atoms with Crippen molar-refractivity contribution in [3.8, 4) is 0 Å². The Hall–Kier alpha value is -1.58. The molecule has 1 aliphatic heterocycles. The monoisotopic (exact) mass is 344 g/mol. The van der Waals surface area contributed by atoms with Gasteiger partial charge in [0.05, 0.1) is 0 Å². The van der Waals surface area contributed by atoms with Crippen LogP contribution in [0.2, 0.25) is 0 Å². The predicted molar refractivity (Wildman–Crippen MR) is 100 cm³/mol. The maximum atomic E-state index is 12.8. The number of carbonyl (C=O) groups excluding carboxylic acids is 1. The third-order valence-electron chi connectivity index (χ3n) is 5.49. The number of hydrogen-bond donors (Lipinski definition) is 1. The van der Waals surface area contributed by atoms with Gasteiger partial charge in [0.15, 0.2) is 0 Å². The van der Waals surface area contributed by atoms with E-state index in [1.807, 2.05) is 0 Å². The molecule has 0 radical (unpaired) electrons. The van der Waals surface area contributed by atoms with Crippen LogP contribution in [0.3, 0.4) is 0 Å². The van der Waals surface area contributed by atoms with Gasteiger partial charge in [0, 0.05) is 25.0 Å². The van der Waals surface area contributed by atoms with E-state index in [2.05, 4.69) is 47.4 Å². The summed E-state index contributed by atoms with van der Waals surface area (Å²) >= 11 is 0. The van der Waals surface area contributed by atoms with Crippen molar-refractivity contribution in [3.05, 3.63) is 48.0 Å². The van der Waals surface area contributed by atoms with Gasteiger partial charge in [-0.15, -0.1) is 12.4 Å². The molecule has 128 valence electrons. The SMILES string of the molecule is Cl.NCC1CCCCN1C(=O)C1CC1c1ccc2ccccc2c1. The van der Waals surface area contributed by atoms with Crippen molar-refractivity contribution >= 4 is 29.1 Å². The molecule has 1 aliphatic carbocycles. The maximum absolute atomic E-state index is 12.8. The molecule has 1 saturated carbocycles. The summed E-state index contributed by atoms with van der Waals surface area (Å²) in [4.78, 5) is 14.9. The molecule has 2 N–H and O–H groups in total. The first-order valence-corrected chi connectivity index (χ1v) is 8.77. The fourth-order valence-electron chi connectivity index (χ4n) is 4.02. The average molecular weight is 345 g/mol. The highest BCUT2D eigenvalue weighted by Crippen LogP contribution is 2.49. The lowest BCUT2D eigenvalue weighted by Crippen LogP contribution is -2.48. The van der Waals surface area contributed by atoms with E-state index in [9.17, 15) is 4.79 Å². The summed E-state index contributed by atoms with van der Waals surface area (Å²) in [6.45, 7) is 1.49. The summed E-state index contributed by atoms with van der Waals surface area (Å²) in [7, 11) is 0. The molecule has 3 nitrogen and oxygen atoms in total. The number of amides is 1. The maximum Gasteiger partial charge on any atom is 0.226 e. The zero-order chi connectivity index (χ0) is 15.8. The van der Waals surface area contributed by atoms with Gasteiger partial charge < -0.3 is 10.6 Å². The Bertz CT molecular complexity index is 732. The number of fused-ring (bicyclic) bond motifs is 1. The second kappa shape index (κ2) is 7.12. The van der Waals surface area contributed by atoms with E-state index >= 15 is 0 Å². The molecule has 0 spiro atoms. The number of hydrogen-bond acceptors (Lipinski definition) is 2. The van der Waals surface area contributed by atoms with Crippen molar-refractivity contribution in [1.29, 1.82) is 0 Å². The van der Waals surface area contributed by atoms with Crippen LogP contribution in [-0.4, -0.2) is 29.9 Å². The number of carbonyl (C=O) groups is 1. The topological polar surface area (TPSA) is 46.3 Å². The van der Waals surface area contributed by atoms with Crippen LogP contribution < -0.4 is 5.73 Å². The van der Waals surface area contributed by atoms with Gasteiger partial charge in [-0.05, 0) is 47.9 Å². The lowest BCUT2D eigenvalue weighted by atomic mass is 10.00. The molecule has 24 heavy (non-hydrogen) atoms. The molecule has 2 aromatic carbocycles. The Morgan fingerprint density at radius 3 is 2.71 bits per heavy atom. The van der Waals surface area contributed by atoms with Crippen LogP contribution in [0.4, 0.5) is 0 Å². The largest absolute Gasteiger partial charge is 0.338 e. The minimum absolute atomic E-state index is 0. The van der Waals surface area contributed by atoms with Crippen molar-refractivity contribution in [2.45, 2.75) is 37.6 Å². The third-order valence-corrected chi connectivity index (χ3v) is 5.49. The van der Waals surface area contributed by atoms with E-state index in [1.165, 1.54) is 22.8 Å². The summed E-state index contributed by atoms with van der Waals surface area (Å²) in [5, 5.41) is 2.53. The second-order valence-corrected chi connectivity index (χ2v) is 6.97. The quantitative estimate of drug-likeness (QED) is 0.922. The van der Waals surface area contributed by atoms with Crippen LogP contribution in [0, 0.1) is 5.92 Å². The molecule has 3 unspecified atom stereocenters. The number of halogens is 1. The summed E-state index contributed by atoms with van der Waals surface area (Å²) in [6, 6.07) is 15.3. The van der Waals surface area contributed by atoms with E-state index in [1.54, 1.807) is 0 Å². The fourth-order valence-corrected chi connectivity index (χ4v) is 4.02. The van der Waals surface area contributed by atoms with Crippen LogP contribution in [0.1, 0.15) is 37.2 Å². The number of nitrogens with zero attached hydrogens (tertiary/aromatic N) is 1. The van der Waals surface area contributed by atoms with Gasteiger partial charge >= 0.3 is 0 Å². The molecule has 3 atom stereocenters. The van der Waals surface area contributed by atoms with Gasteiger partial charge in [0.1, 0.15) is 0 Å². The fraction of sp³-hybridized carbons (Fsp3) is 0.450. The summed E-state index contributed by atoms with van der Waals surface area (Å²) < 4.78 is 0. The van der Waals surface area contributed by atoms with E-state index < -0.39 is 0 Å². The smallest absolute Gasteiger partial charge is 0.226 e. The van der Waals surface area contributed by atoms with Gasteiger partial charge in [0.2, 0.25) is 5.91 Å². The molecule has 2 aliphatic rings. The minimum atomic E-state index is 0. The normalized spacial score (nSPS) is 26.0. The van der Waals surface area contributed by atoms with Crippen molar-refractivity contribution in [3.63, 3.8) is 0 Å². The van der Waals surface area contributed by atoms with E-state index in [4.69, 9.17) is 5.73 Å². The van der Waals surface area contributed by atoms with Crippen molar-refractivity contribution in [2.24, 2.45) is 11.7 Å². The van der Waals surface area contributed by atoms with Gasteiger partial charge in [-0.2, -0.15) is 0 Å². The van der Waals surface area contributed by atoms with Gasteiger partial charge in [-0.25, -0.2) is 0 Å². The van der Waals surface area contributed by atoms with Crippen LogP contribution in [-0.2, 0) is 4.79 Å². The standard InChI is InChI=1S/C20H24N2O.ClH/c21-13-17-7-3-4-10-22(17)20(23)19-12-18(19)16-9-8-14-5-1-2-6-15(14)11-16;/h1-2,5-6,8-9,11,17-19H,3-4,7,10,12-13,21H2;1H. The van der Waals surface area contributed by atoms with Gasteiger partial charge in [-0.3, -0.25) is 4.79 Å². The van der Waals surface area contributed by atoms with E-state index in [0.717, 1.165) is 25.8 Å². The summed E-state index contributed by atoms with van der Waals surface area (Å²) in [5.41, 5.74) is 7.17. The summed E-state index contributed by atoms with van der Waals surface area (Å²) in [6.07, 6.45) is 4.38. The van der Waals surface area contributed by atoms with Crippen LogP contribution in [0.15, 0.2) is 42.5 Å². The number of nitrogens with two attached hydrogens (primary N) is 1. The Morgan fingerprint density at radius 2 is 1.92 bits per heavy atom. The summed E-state index contributed by atoms with van der Waals surface area (Å²) in [5.74, 6) is 0.897. The molecule has 0 bridgehead atoms. The Morgan fingerprint density at radius 1 is 1.12 bits per heavy atom. The molecule has 1 saturated heterocycles. The van der Waals surface area contributed by atoms with Crippen LogP contribution in [0.5, 0.6) is 0 Å². The molecule has 4 rings (SSSR count). The number of benzene rings is 2. The molecule has 1 heterocycles. The first kappa shape index (κ1) is 17.2. The zero-order valence-electron chi connectivity index (χ0n) is 13.9. The molecule has 4 heteroatoms. The van der Waals surface area contributed by atoms with E-state index in [0.29, 0.717) is 18.4 Å². The first-order chi connectivity index (χ1) is 11.3. The molecule has 0 aromatic heterocycles. The van der Waals surface area contributed by atoms with Crippen molar-refractivity contribution in [2.75, 3.05) is 13.1 Å². The highest BCUT2D eigenvalue weighted by Gasteiger charge is 2.47.